The first-order chi connectivity index (χ1) is 20.1. The molecule has 0 fully saturated rings. The predicted octanol–water partition coefficient (Wildman–Crippen LogP) is 4.78. The number of carbonyl (C=O) groups excluding carboxylic acids is 3. The van der Waals surface area contributed by atoms with Crippen molar-refractivity contribution in [1.82, 2.24) is 0 Å². The number of nitrogens with one attached hydrogen (secondary N) is 2. The lowest BCUT2D eigenvalue weighted by atomic mass is 10.0. The van der Waals surface area contributed by atoms with E-state index < -0.39 is 23.8 Å². The van der Waals surface area contributed by atoms with E-state index in [0.717, 1.165) is 0 Å². The lowest BCUT2D eigenvalue weighted by Gasteiger charge is -2.10. The molecule has 9 nitrogen and oxygen atoms in total. The molecule has 0 aliphatic rings. The molecule has 4 rings (SSSR count). The number of aromatic carboxylic acids is 2. The van der Waals surface area contributed by atoms with Gasteiger partial charge in [-0.15, -0.1) is 12.8 Å². The zero-order valence-electron chi connectivity index (χ0n) is 21.7. The monoisotopic (exact) mass is 556 g/mol. The van der Waals surface area contributed by atoms with E-state index in [4.69, 9.17) is 12.8 Å². The van der Waals surface area contributed by atoms with Crippen molar-refractivity contribution in [2.45, 2.75) is 0 Å². The van der Waals surface area contributed by atoms with Crippen molar-refractivity contribution in [1.29, 1.82) is 0 Å². The van der Waals surface area contributed by atoms with Gasteiger partial charge in [-0.05, 0) is 84.9 Å². The number of benzene rings is 4. The quantitative estimate of drug-likeness (QED) is 0.180. The van der Waals surface area contributed by atoms with E-state index in [1.54, 1.807) is 0 Å². The number of carboxylic acids is 2. The maximum absolute atomic E-state index is 13.0. The van der Waals surface area contributed by atoms with E-state index in [9.17, 15) is 34.2 Å². The van der Waals surface area contributed by atoms with Gasteiger partial charge in [-0.3, -0.25) is 14.4 Å². The van der Waals surface area contributed by atoms with Gasteiger partial charge in [-0.2, -0.15) is 0 Å². The van der Waals surface area contributed by atoms with Crippen molar-refractivity contribution in [3.8, 4) is 24.7 Å². The van der Waals surface area contributed by atoms with Gasteiger partial charge >= 0.3 is 11.9 Å². The van der Waals surface area contributed by atoms with E-state index >= 15 is 0 Å². The maximum Gasteiger partial charge on any atom is 0.336 e. The van der Waals surface area contributed by atoms with Crippen molar-refractivity contribution in [2.75, 3.05) is 10.6 Å². The summed E-state index contributed by atoms with van der Waals surface area (Å²) < 4.78 is 0. The highest BCUT2D eigenvalue weighted by molar-refractivity contribution is 6.13. The fraction of sp³-hybridized carbons (Fsp3) is 0. The molecule has 0 aliphatic carbocycles. The number of hydrogen-bond acceptors (Lipinski definition) is 5. The topological polar surface area (TPSA) is 150 Å². The molecule has 2 amide bonds. The standard InChI is InChI=1S/C33H20N2O7/c1-3-19-6-16-26(32(39)40)27(17-19)31(38)35-24-13-9-22(10-14-24)29(36)21-7-11-23(12-8-21)34-30(37)25-15-5-20(4-2)18-28(25)33(41)42/h1-2,5-18H,(H,34,37)(H,35,38)(H,39,40)(H,41,42). The van der Waals surface area contributed by atoms with E-state index in [2.05, 4.69) is 22.5 Å². The molecular formula is C33H20N2O7. The fourth-order valence-corrected chi connectivity index (χ4v) is 3.99. The SMILES string of the molecule is C#Cc1ccc(C(=O)Nc2ccc(C(=O)c3ccc(NC(=O)c4cc(C#C)ccc4C(=O)O)cc3)cc2)c(C(=O)O)c1. The van der Waals surface area contributed by atoms with Crippen LogP contribution in [-0.2, 0) is 0 Å². The van der Waals surface area contributed by atoms with Crippen LogP contribution < -0.4 is 10.6 Å². The molecule has 4 N–H and O–H groups in total. The summed E-state index contributed by atoms with van der Waals surface area (Å²) in [5.41, 5.74) is 1.33. The lowest BCUT2D eigenvalue weighted by Crippen LogP contribution is -2.17. The van der Waals surface area contributed by atoms with Crippen molar-refractivity contribution in [3.05, 3.63) is 129 Å². The van der Waals surface area contributed by atoms with Crippen LogP contribution in [0.5, 0.6) is 0 Å². The van der Waals surface area contributed by atoms with Gasteiger partial charge in [0.25, 0.3) is 11.8 Å². The van der Waals surface area contributed by atoms with Crippen LogP contribution in [0.1, 0.15) is 68.5 Å². The summed E-state index contributed by atoms with van der Waals surface area (Å²) in [7, 11) is 0. The van der Waals surface area contributed by atoms with Crippen molar-refractivity contribution in [3.63, 3.8) is 0 Å². The Morgan fingerprint density at radius 2 is 0.929 bits per heavy atom. The van der Waals surface area contributed by atoms with Gasteiger partial charge in [0.1, 0.15) is 0 Å². The average molecular weight is 557 g/mol. The number of amides is 2. The van der Waals surface area contributed by atoms with Gasteiger partial charge in [0, 0.05) is 33.6 Å². The highest BCUT2D eigenvalue weighted by Crippen LogP contribution is 2.20. The molecule has 0 aliphatic heterocycles. The first-order valence-electron chi connectivity index (χ1n) is 12.2. The maximum atomic E-state index is 13.0. The lowest BCUT2D eigenvalue weighted by molar-refractivity contribution is 0.0683. The number of anilines is 2. The van der Waals surface area contributed by atoms with Crippen LogP contribution in [0.3, 0.4) is 0 Å². The second kappa shape index (κ2) is 12.2. The van der Waals surface area contributed by atoms with Crippen LogP contribution in [0.15, 0.2) is 84.9 Å². The summed E-state index contributed by atoms with van der Waals surface area (Å²) in [5, 5.41) is 24.0. The second-order valence-corrected chi connectivity index (χ2v) is 8.81. The normalized spacial score (nSPS) is 10.0. The number of rotatable bonds is 8. The van der Waals surface area contributed by atoms with E-state index in [1.807, 2.05) is 0 Å². The number of hydrogen-bond donors (Lipinski definition) is 4. The molecule has 0 unspecified atom stereocenters. The van der Waals surface area contributed by atoms with Crippen LogP contribution in [0.25, 0.3) is 0 Å². The van der Waals surface area contributed by atoms with Gasteiger partial charge < -0.3 is 20.8 Å². The van der Waals surface area contributed by atoms with Crippen LogP contribution in [0.4, 0.5) is 11.4 Å². The molecule has 204 valence electrons. The molecule has 0 atom stereocenters. The van der Waals surface area contributed by atoms with Gasteiger partial charge in [-0.1, -0.05) is 11.8 Å². The molecular weight excluding hydrogens is 536 g/mol. The van der Waals surface area contributed by atoms with Crippen molar-refractivity contribution in [2.24, 2.45) is 0 Å². The fourth-order valence-electron chi connectivity index (χ4n) is 3.99. The molecule has 0 saturated carbocycles. The first kappa shape index (κ1) is 28.6. The third-order valence-corrected chi connectivity index (χ3v) is 6.13. The smallest absolute Gasteiger partial charge is 0.336 e. The number of ketones is 1. The minimum atomic E-state index is -1.30. The van der Waals surface area contributed by atoms with Gasteiger partial charge in [0.2, 0.25) is 0 Å². The largest absolute Gasteiger partial charge is 0.478 e. The summed E-state index contributed by atoms with van der Waals surface area (Å²) in [4.78, 5) is 61.5. The number of carbonyl (C=O) groups is 5. The van der Waals surface area contributed by atoms with Crippen molar-refractivity contribution >= 4 is 40.9 Å². The third kappa shape index (κ3) is 6.23. The zero-order chi connectivity index (χ0) is 30.4. The second-order valence-electron chi connectivity index (χ2n) is 8.81. The molecule has 0 saturated heterocycles. The minimum Gasteiger partial charge on any atom is -0.478 e. The summed E-state index contributed by atoms with van der Waals surface area (Å²) in [6, 6.07) is 20.0. The van der Waals surface area contributed by atoms with E-state index in [-0.39, 0.29) is 28.0 Å². The number of carboxylic acid groups (broad SMARTS) is 2. The summed E-state index contributed by atoms with van der Waals surface area (Å²) in [6.07, 6.45) is 10.7. The van der Waals surface area contributed by atoms with Crippen LogP contribution >= 0.6 is 0 Å². The van der Waals surface area contributed by atoms with Crippen LogP contribution in [0.2, 0.25) is 0 Å². The molecule has 0 radical (unpaired) electrons. The third-order valence-electron chi connectivity index (χ3n) is 6.13. The highest BCUT2D eigenvalue weighted by Gasteiger charge is 2.19. The Bertz CT molecular complexity index is 1840. The van der Waals surface area contributed by atoms with Gasteiger partial charge in [-0.25, -0.2) is 9.59 Å². The van der Waals surface area contributed by atoms with Gasteiger partial charge in [0.15, 0.2) is 5.78 Å². The molecule has 4 aromatic carbocycles. The molecule has 42 heavy (non-hydrogen) atoms. The molecule has 9 heteroatoms. The van der Waals surface area contributed by atoms with Crippen LogP contribution in [-0.4, -0.2) is 39.7 Å². The summed E-state index contributed by atoms with van der Waals surface area (Å²) >= 11 is 0. The average Bonchev–Trinajstić information content (AvgIpc) is 3.00. The summed E-state index contributed by atoms with van der Waals surface area (Å²) in [5.74, 6) is 0.437. The van der Waals surface area contributed by atoms with E-state index in [1.165, 1.54) is 84.9 Å². The molecule has 4 aromatic rings. The Morgan fingerprint density at radius 1 is 0.524 bits per heavy atom. The molecule has 0 bridgehead atoms. The molecule has 0 spiro atoms. The number of terminal acetylenes is 2. The molecule has 0 heterocycles. The zero-order valence-corrected chi connectivity index (χ0v) is 21.7. The minimum absolute atomic E-state index is 0.0724. The summed E-state index contributed by atoms with van der Waals surface area (Å²) in [6.45, 7) is 0. The molecule has 0 aromatic heterocycles. The Balaban J connectivity index is 1.45. The Labute approximate surface area is 239 Å². The Hall–Kier alpha value is -6.45. The Morgan fingerprint density at radius 3 is 1.36 bits per heavy atom. The van der Waals surface area contributed by atoms with Crippen LogP contribution in [0, 0.1) is 24.7 Å². The van der Waals surface area contributed by atoms with Crippen molar-refractivity contribution < 1.29 is 34.2 Å². The highest BCUT2D eigenvalue weighted by atomic mass is 16.4. The van der Waals surface area contributed by atoms with Gasteiger partial charge in [0.05, 0.1) is 22.3 Å². The Kier molecular flexibility index (Phi) is 8.27. The van der Waals surface area contributed by atoms with E-state index in [0.29, 0.717) is 33.6 Å². The first-order valence-corrected chi connectivity index (χ1v) is 12.2. The predicted molar refractivity (Wildman–Crippen MR) is 155 cm³/mol.